The summed E-state index contributed by atoms with van der Waals surface area (Å²) >= 11 is 0. The third-order valence-corrected chi connectivity index (χ3v) is 4.08. The predicted octanol–water partition coefficient (Wildman–Crippen LogP) is 2.67. The number of nitrogens with one attached hydrogen (secondary N) is 1. The van der Waals surface area contributed by atoms with Crippen molar-refractivity contribution in [1.82, 2.24) is 20.2 Å². The molecule has 3 aromatic rings. The SMILES string of the molecule is COc1ncc(-c2cccc3c(N)c(NC(=O)CC(C)C)nnc23)c(OC)n1. The van der Waals surface area contributed by atoms with Gasteiger partial charge in [-0.1, -0.05) is 32.0 Å². The second-order valence-electron chi connectivity index (χ2n) is 6.59. The average Bonchev–Trinajstić information content (AvgIpc) is 2.68. The van der Waals surface area contributed by atoms with Gasteiger partial charge in [0.1, 0.15) is 5.52 Å². The van der Waals surface area contributed by atoms with Gasteiger partial charge in [-0.3, -0.25) is 4.79 Å². The number of ether oxygens (including phenoxy) is 2. The summed E-state index contributed by atoms with van der Waals surface area (Å²) in [6.07, 6.45) is 1.97. The molecule has 146 valence electrons. The Hall–Kier alpha value is -3.49. The molecule has 0 aliphatic heterocycles. The summed E-state index contributed by atoms with van der Waals surface area (Å²) in [6.45, 7) is 3.93. The Labute approximate surface area is 162 Å². The number of carbonyl (C=O) groups excluding carboxylic acids is 1. The lowest BCUT2D eigenvalue weighted by molar-refractivity contribution is -0.116. The lowest BCUT2D eigenvalue weighted by atomic mass is 10.0. The molecular formula is C19H22N6O3. The number of hydrogen-bond acceptors (Lipinski definition) is 8. The number of nitrogens with zero attached hydrogens (tertiary/aromatic N) is 4. The average molecular weight is 382 g/mol. The molecule has 0 saturated heterocycles. The molecule has 2 aromatic heterocycles. The highest BCUT2D eigenvalue weighted by atomic mass is 16.5. The third-order valence-electron chi connectivity index (χ3n) is 4.08. The van der Waals surface area contributed by atoms with Gasteiger partial charge in [-0.05, 0) is 5.92 Å². The van der Waals surface area contributed by atoms with E-state index in [0.29, 0.717) is 40.0 Å². The van der Waals surface area contributed by atoms with Crippen LogP contribution in [-0.4, -0.2) is 40.3 Å². The summed E-state index contributed by atoms with van der Waals surface area (Å²) in [5.41, 5.74) is 8.49. The summed E-state index contributed by atoms with van der Waals surface area (Å²) in [5.74, 6) is 0.655. The van der Waals surface area contributed by atoms with E-state index in [2.05, 4.69) is 25.5 Å². The molecule has 0 saturated carbocycles. The third kappa shape index (κ3) is 3.78. The molecule has 0 radical (unpaired) electrons. The second kappa shape index (κ2) is 8.03. The number of nitrogen functional groups attached to an aromatic ring is 1. The molecule has 1 aromatic carbocycles. The predicted molar refractivity (Wildman–Crippen MR) is 106 cm³/mol. The van der Waals surface area contributed by atoms with E-state index in [1.54, 1.807) is 6.20 Å². The van der Waals surface area contributed by atoms with Crippen LogP contribution in [0.1, 0.15) is 20.3 Å². The molecule has 0 bridgehead atoms. The Morgan fingerprint density at radius 3 is 2.64 bits per heavy atom. The fourth-order valence-electron chi connectivity index (χ4n) is 2.80. The highest BCUT2D eigenvalue weighted by molar-refractivity contribution is 6.05. The largest absolute Gasteiger partial charge is 0.480 e. The van der Waals surface area contributed by atoms with Gasteiger partial charge in [-0.25, -0.2) is 4.98 Å². The molecule has 3 N–H and O–H groups in total. The number of carbonyl (C=O) groups is 1. The van der Waals surface area contributed by atoms with E-state index < -0.39 is 0 Å². The number of rotatable bonds is 6. The van der Waals surface area contributed by atoms with Crippen LogP contribution in [0.3, 0.4) is 0 Å². The van der Waals surface area contributed by atoms with E-state index in [1.807, 2.05) is 32.0 Å². The van der Waals surface area contributed by atoms with Crippen LogP contribution in [0.25, 0.3) is 22.0 Å². The van der Waals surface area contributed by atoms with Gasteiger partial charge in [0.05, 0.1) is 25.5 Å². The van der Waals surface area contributed by atoms with Gasteiger partial charge in [0.15, 0.2) is 5.82 Å². The highest BCUT2D eigenvalue weighted by Gasteiger charge is 2.17. The van der Waals surface area contributed by atoms with E-state index in [4.69, 9.17) is 15.2 Å². The molecule has 1 amide bonds. The number of nitrogens with two attached hydrogens (primary N) is 1. The monoisotopic (exact) mass is 382 g/mol. The molecule has 0 aliphatic rings. The maximum Gasteiger partial charge on any atom is 0.319 e. The fourth-order valence-corrected chi connectivity index (χ4v) is 2.80. The first-order valence-electron chi connectivity index (χ1n) is 8.74. The van der Waals surface area contributed by atoms with Gasteiger partial charge >= 0.3 is 6.01 Å². The minimum Gasteiger partial charge on any atom is -0.480 e. The molecule has 9 heteroatoms. The van der Waals surface area contributed by atoms with Crippen molar-refractivity contribution >= 4 is 28.3 Å². The van der Waals surface area contributed by atoms with Crippen molar-refractivity contribution in [3.05, 3.63) is 24.4 Å². The van der Waals surface area contributed by atoms with Gasteiger partial charge < -0.3 is 20.5 Å². The molecule has 0 unspecified atom stereocenters. The number of fused-ring (bicyclic) bond motifs is 1. The van der Waals surface area contributed by atoms with Crippen LogP contribution in [0.5, 0.6) is 11.9 Å². The molecule has 3 rings (SSSR count). The lowest BCUT2D eigenvalue weighted by Crippen LogP contribution is -2.16. The first-order chi connectivity index (χ1) is 13.4. The minimum absolute atomic E-state index is 0.156. The smallest absolute Gasteiger partial charge is 0.319 e. The van der Waals surface area contributed by atoms with Gasteiger partial charge in [-0.15, -0.1) is 10.2 Å². The molecular weight excluding hydrogens is 360 g/mol. The Morgan fingerprint density at radius 2 is 1.96 bits per heavy atom. The fraction of sp³-hybridized carbons (Fsp3) is 0.316. The van der Waals surface area contributed by atoms with E-state index in [1.165, 1.54) is 14.2 Å². The van der Waals surface area contributed by atoms with Gasteiger partial charge in [-0.2, -0.15) is 4.98 Å². The van der Waals surface area contributed by atoms with Gasteiger partial charge in [0.2, 0.25) is 11.8 Å². The highest BCUT2D eigenvalue weighted by Crippen LogP contribution is 2.36. The van der Waals surface area contributed by atoms with E-state index in [0.717, 1.165) is 0 Å². The van der Waals surface area contributed by atoms with Crippen molar-refractivity contribution in [1.29, 1.82) is 0 Å². The second-order valence-corrected chi connectivity index (χ2v) is 6.59. The molecule has 0 aliphatic carbocycles. The summed E-state index contributed by atoms with van der Waals surface area (Å²) < 4.78 is 10.4. The number of aromatic nitrogens is 4. The van der Waals surface area contributed by atoms with Crippen LogP contribution in [0.2, 0.25) is 0 Å². The number of amides is 1. The summed E-state index contributed by atoms with van der Waals surface area (Å²) in [4.78, 5) is 20.4. The van der Waals surface area contributed by atoms with E-state index in [-0.39, 0.29) is 23.7 Å². The topological polar surface area (TPSA) is 125 Å². The first-order valence-corrected chi connectivity index (χ1v) is 8.74. The normalized spacial score (nSPS) is 10.9. The van der Waals surface area contributed by atoms with Crippen LogP contribution in [0, 0.1) is 5.92 Å². The number of benzene rings is 1. The lowest BCUT2D eigenvalue weighted by Gasteiger charge is -2.13. The zero-order valence-electron chi connectivity index (χ0n) is 16.2. The van der Waals surface area contributed by atoms with Crippen molar-refractivity contribution in [2.75, 3.05) is 25.3 Å². The molecule has 9 nitrogen and oxygen atoms in total. The summed E-state index contributed by atoms with van der Waals surface area (Å²) in [5, 5.41) is 11.8. The van der Waals surface area contributed by atoms with Crippen molar-refractivity contribution in [2.45, 2.75) is 20.3 Å². The van der Waals surface area contributed by atoms with Crippen molar-refractivity contribution in [3.63, 3.8) is 0 Å². The Bertz CT molecular complexity index is 1020. The van der Waals surface area contributed by atoms with Crippen LogP contribution in [0.15, 0.2) is 24.4 Å². The number of hydrogen-bond donors (Lipinski definition) is 2. The zero-order valence-corrected chi connectivity index (χ0v) is 16.2. The van der Waals surface area contributed by atoms with Crippen LogP contribution in [0.4, 0.5) is 11.5 Å². The van der Waals surface area contributed by atoms with Crippen LogP contribution < -0.4 is 20.5 Å². The van der Waals surface area contributed by atoms with Crippen molar-refractivity contribution in [3.8, 4) is 23.0 Å². The Balaban J connectivity index is 2.08. The summed E-state index contributed by atoms with van der Waals surface area (Å²) in [6, 6.07) is 5.69. The molecule has 0 atom stereocenters. The van der Waals surface area contributed by atoms with E-state index in [9.17, 15) is 4.79 Å². The Kier molecular flexibility index (Phi) is 5.53. The minimum atomic E-state index is -0.156. The van der Waals surface area contributed by atoms with Gasteiger partial charge in [0.25, 0.3) is 0 Å². The maximum atomic E-state index is 12.1. The molecule has 0 spiro atoms. The number of anilines is 2. The van der Waals surface area contributed by atoms with Gasteiger partial charge in [0, 0.05) is 23.6 Å². The van der Waals surface area contributed by atoms with Crippen LogP contribution in [-0.2, 0) is 4.79 Å². The van der Waals surface area contributed by atoms with Crippen molar-refractivity contribution in [2.24, 2.45) is 5.92 Å². The quantitative estimate of drug-likeness (QED) is 0.666. The zero-order chi connectivity index (χ0) is 20.3. The molecule has 28 heavy (non-hydrogen) atoms. The van der Waals surface area contributed by atoms with E-state index >= 15 is 0 Å². The molecule has 0 fully saturated rings. The van der Waals surface area contributed by atoms with Crippen molar-refractivity contribution < 1.29 is 14.3 Å². The first kappa shape index (κ1) is 19.3. The van der Waals surface area contributed by atoms with Crippen LogP contribution >= 0.6 is 0 Å². The standard InChI is InChI=1S/C19H22N6O3/c1-10(2)8-14(26)22-17-15(20)12-7-5-6-11(16(12)24-25-17)13-9-21-19(28-4)23-18(13)27-3/h5-7,9-10H,8H2,1-4H3,(H2,20,24)(H,22,25,26). The Morgan fingerprint density at radius 1 is 1.18 bits per heavy atom. The summed E-state index contributed by atoms with van der Waals surface area (Å²) in [7, 11) is 2.99. The maximum absolute atomic E-state index is 12.1. The molecule has 2 heterocycles. The number of methoxy groups -OCH3 is 2.